The zero-order valence-electron chi connectivity index (χ0n) is 11.5. The number of carbonyl (C=O) groups is 1. The molecule has 0 amide bonds. The van der Waals surface area contributed by atoms with Crippen molar-refractivity contribution < 1.29 is 4.79 Å². The van der Waals surface area contributed by atoms with Crippen molar-refractivity contribution in [3.05, 3.63) is 22.7 Å². The van der Waals surface area contributed by atoms with E-state index in [0.717, 1.165) is 34.9 Å². The van der Waals surface area contributed by atoms with E-state index in [0.29, 0.717) is 18.6 Å². The lowest BCUT2D eigenvalue weighted by atomic mass is 10.1. The third-order valence-electron chi connectivity index (χ3n) is 3.28. The Morgan fingerprint density at radius 3 is 2.57 bits per heavy atom. The second-order valence-electron chi connectivity index (χ2n) is 4.56. The molecule has 3 rings (SSSR count). The fourth-order valence-corrected chi connectivity index (χ4v) is 2.95. The largest absolute Gasteiger partial charge is 0.341 e. The highest BCUT2D eigenvalue weighted by Gasteiger charge is 2.21. The van der Waals surface area contributed by atoms with Gasteiger partial charge in [0.15, 0.2) is 0 Å². The number of piperidine rings is 1. The van der Waals surface area contributed by atoms with E-state index in [1.54, 1.807) is 6.20 Å². The fraction of sp³-hybridized carbons (Fsp3) is 0.462. The van der Waals surface area contributed by atoms with Crippen molar-refractivity contribution in [2.24, 2.45) is 0 Å². The summed E-state index contributed by atoms with van der Waals surface area (Å²) in [6, 6.07) is 0. The van der Waals surface area contributed by atoms with Gasteiger partial charge in [0, 0.05) is 38.3 Å². The number of ketones is 1. The summed E-state index contributed by atoms with van der Waals surface area (Å²) < 4.78 is 2.84. The van der Waals surface area contributed by atoms with Crippen LogP contribution in [-0.2, 0) is 4.79 Å². The molecule has 0 aliphatic carbocycles. The highest BCUT2D eigenvalue weighted by atomic mass is 79.9. The number of imidazole rings is 1. The lowest BCUT2D eigenvalue weighted by molar-refractivity contribution is -0.119. The average Bonchev–Trinajstić information content (AvgIpc) is 2.79. The molecule has 0 N–H and O–H groups in total. The van der Waals surface area contributed by atoms with Gasteiger partial charge < -0.3 is 4.90 Å². The number of aromatic nitrogens is 3. The van der Waals surface area contributed by atoms with Crippen molar-refractivity contribution in [1.29, 1.82) is 0 Å². The van der Waals surface area contributed by atoms with Crippen LogP contribution in [0, 0.1) is 6.92 Å². The number of hydrogen-bond acceptors (Lipinski definition) is 4. The lowest BCUT2D eigenvalue weighted by Crippen LogP contribution is -2.35. The first kappa shape index (κ1) is 16.5. The summed E-state index contributed by atoms with van der Waals surface area (Å²) in [4.78, 5) is 22.3. The standard InChI is InChI=1S/C12H13BrN4O.CH2Cl2/c1-8-10-11(13)15-12(17(10)7-4-14-8)16-5-2-9(18)3-6-16;2-1-3/h4,7H,2-3,5-6H2,1H3;1H2. The highest BCUT2D eigenvalue weighted by Crippen LogP contribution is 2.26. The molecule has 0 spiro atoms. The van der Waals surface area contributed by atoms with Crippen molar-refractivity contribution in [3.63, 3.8) is 0 Å². The van der Waals surface area contributed by atoms with Crippen LogP contribution in [0.3, 0.4) is 0 Å². The number of hydrogen-bond donors (Lipinski definition) is 0. The molecule has 8 heteroatoms. The van der Waals surface area contributed by atoms with Crippen LogP contribution in [0.4, 0.5) is 5.95 Å². The van der Waals surface area contributed by atoms with Gasteiger partial charge in [0.2, 0.25) is 5.95 Å². The summed E-state index contributed by atoms with van der Waals surface area (Å²) in [5.74, 6) is 1.22. The smallest absolute Gasteiger partial charge is 0.211 e. The van der Waals surface area contributed by atoms with Crippen molar-refractivity contribution >= 4 is 56.4 Å². The molecule has 5 nitrogen and oxygen atoms in total. The number of anilines is 1. The van der Waals surface area contributed by atoms with Gasteiger partial charge in [0.05, 0.1) is 11.0 Å². The summed E-state index contributed by atoms with van der Waals surface area (Å²) in [6.07, 6.45) is 4.90. The van der Waals surface area contributed by atoms with Crippen LogP contribution in [0.5, 0.6) is 0 Å². The summed E-state index contributed by atoms with van der Waals surface area (Å²) in [7, 11) is 0. The SMILES string of the molecule is Cc1nccn2c(N3CCC(=O)CC3)nc(Br)c12.ClCCl. The van der Waals surface area contributed by atoms with Gasteiger partial charge in [0.25, 0.3) is 0 Å². The predicted molar refractivity (Wildman–Crippen MR) is 88.5 cm³/mol. The monoisotopic (exact) mass is 392 g/mol. The van der Waals surface area contributed by atoms with Gasteiger partial charge in [-0.05, 0) is 22.9 Å². The molecule has 2 aromatic rings. The number of aryl methyl sites for hydroxylation is 1. The van der Waals surface area contributed by atoms with E-state index in [1.165, 1.54) is 0 Å². The van der Waals surface area contributed by atoms with Crippen molar-refractivity contribution in [2.75, 3.05) is 23.3 Å². The third kappa shape index (κ3) is 3.67. The molecule has 1 aliphatic heterocycles. The van der Waals surface area contributed by atoms with Crippen LogP contribution in [0.25, 0.3) is 5.52 Å². The number of nitrogens with zero attached hydrogens (tertiary/aromatic N) is 4. The molecule has 0 aromatic carbocycles. The zero-order valence-corrected chi connectivity index (χ0v) is 14.6. The summed E-state index contributed by atoms with van der Waals surface area (Å²) >= 11 is 13.0. The molecular weight excluding hydrogens is 379 g/mol. The Bertz CT molecular complexity index is 636. The van der Waals surface area contributed by atoms with Gasteiger partial charge in [0.1, 0.15) is 15.9 Å². The minimum Gasteiger partial charge on any atom is -0.341 e. The van der Waals surface area contributed by atoms with Crippen LogP contribution in [0.2, 0.25) is 0 Å². The fourth-order valence-electron chi connectivity index (χ4n) is 2.31. The predicted octanol–water partition coefficient (Wildman–Crippen LogP) is 3.39. The van der Waals surface area contributed by atoms with Gasteiger partial charge >= 0.3 is 0 Å². The molecule has 0 atom stereocenters. The second kappa shape index (κ2) is 7.42. The Labute approximate surface area is 141 Å². The topological polar surface area (TPSA) is 50.5 Å². The number of alkyl halides is 2. The highest BCUT2D eigenvalue weighted by molar-refractivity contribution is 9.10. The zero-order chi connectivity index (χ0) is 15.4. The maximum Gasteiger partial charge on any atom is 0.211 e. The summed E-state index contributed by atoms with van der Waals surface area (Å²) in [5, 5.41) is 0.194. The van der Waals surface area contributed by atoms with Gasteiger partial charge in [-0.15, -0.1) is 23.2 Å². The van der Waals surface area contributed by atoms with Crippen LogP contribution in [0.1, 0.15) is 18.5 Å². The molecule has 3 heterocycles. The quantitative estimate of drug-likeness (QED) is 0.696. The molecule has 0 radical (unpaired) electrons. The Balaban J connectivity index is 0.000000497. The molecule has 21 heavy (non-hydrogen) atoms. The first-order valence-corrected chi connectivity index (χ1v) is 8.32. The van der Waals surface area contributed by atoms with Gasteiger partial charge in [-0.2, -0.15) is 0 Å². The molecule has 2 aromatic heterocycles. The maximum absolute atomic E-state index is 11.3. The minimum atomic E-state index is 0.194. The number of fused-ring (bicyclic) bond motifs is 1. The van der Waals surface area contributed by atoms with E-state index < -0.39 is 0 Å². The van der Waals surface area contributed by atoms with Crippen LogP contribution >= 0.6 is 39.1 Å². The van der Waals surface area contributed by atoms with E-state index in [4.69, 9.17) is 23.2 Å². The van der Waals surface area contributed by atoms with Crippen LogP contribution in [0.15, 0.2) is 17.0 Å². The normalized spacial score (nSPS) is 15.0. The van der Waals surface area contributed by atoms with Gasteiger partial charge in [-0.1, -0.05) is 0 Å². The maximum atomic E-state index is 11.3. The second-order valence-corrected chi connectivity index (χ2v) is 6.12. The number of rotatable bonds is 1. The molecule has 0 bridgehead atoms. The molecule has 1 aliphatic rings. The number of carbonyl (C=O) groups excluding carboxylic acids is 1. The number of Topliss-reactive ketones (excluding diaryl/α,β-unsaturated/α-hetero) is 1. The average molecular weight is 394 g/mol. The molecular formula is C13H15BrCl2N4O. The van der Waals surface area contributed by atoms with Gasteiger partial charge in [-0.3, -0.25) is 14.2 Å². The first-order valence-electron chi connectivity index (χ1n) is 6.46. The van der Waals surface area contributed by atoms with Crippen LogP contribution in [-0.4, -0.2) is 38.6 Å². The van der Waals surface area contributed by atoms with E-state index in [9.17, 15) is 4.79 Å². The van der Waals surface area contributed by atoms with E-state index in [2.05, 4.69) is 30.8 Å². The lowest BCUT2D eigenvalue weighted by Gasteiger charge is -2.26. The van der Waals surface area contributed by atoms with E-state index >= 15 is 0 Å². The summed E-state index contributed by atoms with van der Waals surface area (Å²) in [6.45, 7) is 3.45. The van der Waals surface area contributed by atoms with Crippen molar-refractivity contribution in [2.45, 2.75) is 19.8 Å². The van der Waals surface area contributed by atoms with E-state index in [1.807, 2.05) is 17.5 Å². The molecule has 114 valence electrons. The Hall–Kier alpha value is -0.850. The molecule has 0 saturated carbocycles. The van der Waals surface area contributed by atoms with Gasteiger partial charge in [-0.25, -0.2) is 4.98 Å². The van der Waals surface area contributed by atoms with Crippen molar-refractivity contribution in [3.8, 4) is 0 Å². The molecule has 1 fully saturated rings. The Kier molecular flexibility index (Phi) is 5.84. The summed E-state index contributed by atoms with van der Waals surface area (Å²) in [5.41, 5.74) is 1.93. The van der Waals surface area contributed by atoms with E-state index in [-0.39, 0.29) is 5.34 Å². The Morgan fingerprint density at radius 2 is 1.95 bits per heavy atom. The minimum absolute atomic E-state index is 0.194. The molecule has 1 saturated heterocycles. The first-order chi connectivity index (χ1) is 10.1. The van der Waals surface area contributed by atoms with Crippen molar-refractivity contribution in [1.82, 2.24) is 14.4 Å². The molecule has 0 unspecified atom stereocenters. The number of halogens is 3. The van der Waals surface area contributed by atoms with Crippen LogP contribution < -0.4 is 4.90 Å². The third-order valence-corrected chi connectivity index (χ3v) is 3.83. The Morgan fingerprint density at radius 1 is 1.33 bits per heavy atom.